The Labute approximate surface area is 146 Å². The Balaban J connectivity index is 1.33. The molecule has 2 aromatic rings. The van der Waals surface area contributed by atoms with Crippen molar-refractivity contribution in [1.29, 1.82) is 0 Å². The number of carbonyl (C=O) groups is 1. The van der Waals surface area contributed by atoms with E-state index in [4.69, 9.17) is 11.6 Å². The van der Waals surface area contributed by atoms with E-state index in [0.717, 1.165) is 60.7 Å². The lowest BCUT2D eigenvalue weighted by atomic mass is 10.1. The van der Waals surface area contributed by atoms with Crippen LogP contribution in [-0.4, -0.2) is 35.7 Å². The Morgan fingerprint density at radius 1 is 1.42 bits per heavy atom. The van der Waals surface area contributed by atoms with Gasteiger partial charge in [0.15, 0.2) is 5.69 Å². The topological polar surface area (TPSA) is 61.0 Å². The first-order valence-corrected chi connectivity index (χ1v) is 8.93. The third-order valence-corrected chi connectivity index (χ3v) is 5.27. The van der Waals surface area contributed by atoms with Gasteiger partial charge in [-0.05, 0) is 49.8 Å². The number of hydrogen-bond donors (Lipinski definition) is 2. The van der Waals surface area contributed by atoms with Gasteiger partial charge in [-0.3, -0.25) is 9.89 Å². The molecular formula is C18H21ClN4O. The molecule has 2 aliphatic rings. The fourth-order valence-electron chi connectivity index (χ4n) is 3.73. The molecular weight excluding hydrogens is 324 g/mol. The Morgan fingerprint density at radius 2 is 2.33 bits per heavy atom. The number of H-pyrrole nitrogens is 1. The number of halogens is 1. The molecule has 1 aromatic heterocycles. The van der Waals surface area contributed by atoms with Crippen molar-refractivity contribution in [1.82, 2.24) is 15.5 Å². The minimum absolute atomic E-state index is 0.0457. The largest absolute Gasteiger partial charge is 0.371 e. The number of rotatable bonds is 4. The van der Waals surface area contributed by atoms with E-state index in [9.17, 15) is 4.79 Å². The third-order valence-electron chi connectivity index (χ3n) is 5.03. The van der Waals surface area contributed by atoms with Gasteiger partial charge in [-0.25, -0.2) is 0 Å². The first-order valence-electron chi connectivity index (χ1n) is 8.55. The van der Waals surface area contributed by atoms with Crippen molar-refractivity contribution in [2.75, 3.05) is 24.5 Å². The summed E-state index contributed by atoms with van der Waals surface area (Å²) in [5.41, 5.74) is 3.99. The van der Waals surface area contributed by atoms with Crippen LogP contribution in [0.3, 0.4) is 0 Å². The molecule has 0 radical (unpaired) electrons. The van der Waals surface area contributed by atoms with Gasteiger partial charge in [-0.1, -0.05) is 17.7 Å². The van der Waals surface area contributed by atoms with Gasteiger partial charge in [0.05, 0.1) is 0 Å². The maximum atomic E-state index is 12.4. The number of anilines is 1. The molecule has 1 saturated heterocycles. The van der Waals surface area contributed by atoms with Crippen LogP contribution in [0.15, 0.2) is 24.3 Å². The van der Waals surface area contributed by atoms with E-state index >= 15 is 0 Å². The van der Waals surface area contributed by atoms with Gasteiger partial charge in [0.25, 0.3) is 5.91 Å². The van der Waals surface area contributed by atoms with Gasteiger partial charge in [-0.15, -0.1) is 0 Å². The Hall–Kier alpha value is -2.01. The lowest BCUT2D eigenvalue weighted by molar-refractivity contribution is 0.0942. The van der Waals surface area contributed by atoms with Gasteiger partial charge < -0.3 is 10.2 Å². The van der Waals surface area contributed by atoms with Gasteiger partial charge >= 0.3 is 0 Å². The number of amides is 1. The summed E-state index contributed by atoms with van der Waals surface area (Å²) in [5.74, 6) is 0.413. The molecule has 6 heteroatoms. The summed E-state index contributed by atoms with van der Waals surface area (Å²) in [5, 5.41) is 11.0. The van der Waals surface area contributed by atoms with E-state index in [-0.39, 0.29) is 5.91 Å². The van der Waals surface area contributed by atoms with Crippen LogP contribution in [0, 0.1) is 5.92 Å². The number of nitrogens with one attached hydrogen (secondary N) is 2. The lowest BCUT2D eigenvalue weighted by Crippen LogP contribution is -2.31. The van der Waals surface area contributed by atoms with Crippen LogP contribution in [0.2, 0.25) is 5.02 Å². The van der Waals surface area contributed by atoms with Crippen LogP contribution in [0.5, 0.6) is 0 Å². The fourth-order valence-corrected chi connectivity index (χ4v) is 3.92. The minimum Gasteiger partial charge on any atom is -0.371 e. The zero-order chi connectivity index (χ0) is 16.5. The highest BCUT2D eigenvalue weighted by molar-refractivity contribution is 6.30. The van der Waals surface area contributed by atoms with Gasteiger partial charge in [0, 0.05) is 41.6 Å². The summed E-state index contributed by atoms with van der Waals surface area (Å²) >= 11 is 6.07. The van der Waals surface area contributed by atoms with Crippen molar-refractivity contribution in [3.8, 4) is 0 Å². The third kappa shape index (κ3) is 3.00. The number of fused-ring (bicyclic) bond motifs is 1. The molecule has 1 amide bonds. The zero-order valence-corrected chi connectivity index (χ0v) is 14.3. The quantitative estimate of drug-likeness (QED) is 0.896. The first kappa shape index (κ1) is 15.5. The number of aryl methyl sites for hydroxylation is 1. The van der Waals surface area contributed by atoms with Crippen LogP contribution in [0.25, 0.3) is 0 Å². The summed E-state index contributed by atoms with van der Waals surface area (Å²) < 4.78 is 0. The van der Waals surface area contributed by atoms with Crippen molar-refractivity contribution < 1.29 is 4.79 Å². The zero-order valence-electron chi connectivity index (χ0n) is 13.5. The molecule has 0 spiro atoms. The number of nitrogens with zero attached hydrogens (tertiary/aromatic N) is 2. The molecule has 1 aromatic carbocycles. The molecule has 1 atom stereocenters. The molecule has 0 unspecified atom stereocenters. The van der Waals surface area contributed by atoms with Gasteiger partial charge in [0.2, 0.25) is 0 Å². The molecule has 2 N–H and O–H groups in total. The minimum atomic E-state index is -0.0457. The molecule has 24 heavy (non-hydrogen) atoms. The molecule has 0 bridgehead atoms. The molecule has 2 heterocycles. The van der Waals surface area contributed by atoms with Crippen molar-refractivity contribution in [2.45, 2.75) is 25.7 Å². The Bertz CT molecular complexity index is 757. The summed E-state index contributed by atoms with van der Waals surface area (Å²) in [4.78, 5) is 14.7. The van der Waals surface area contributed by atoms with E-state index in [1.165, 1.54) is 0 Å². The fraction of sp³-hybridized carbons (Fsp3) is 0.444. The highest BCUT2D eigenvalue weighted by Crippen LogP contribution is 2.26. The van der Waals surface area contributed by atoms with E-state index < -0.39 is 0 Å². The number of carbonyl (C=O) groups excluding carboxylic acids is 1. The van der Waals surface area contributed by atoms with Gasteiger partial charge in [-0.2, -0.15) is 5.10 Å². The molecule has 1 fully saturated rings. The SMILES string of the molecule is O=C(NC[C@@H]1CCN(c2cccc(Cl)c2)C1)c1n[nH]c2c1CCC2. The molecule has 5 nitrogen and oxygen atoms in total. The second kappa shape index (κ2) is 6.48. The normalized spacial score (nSPS) is 19.5. The van der Waals surface area contributed by atoms with E-state index in [1.54, 1.807) is 0 Å². The van der Waals surface area contributed by atoms with Crippen LogP contribution in [0.4, 0.5) is 5.69 Å². The monoisotopic (exact) mass is 344 g/mol. The average molecular weight is 345 g/mol. The maximum Gasteiger partial charge on any atom is 0.272 e. The molecule has 0 saturated carbocycles. The molecule has 126 valence electrons. The van der Waals surface area contributed by atoms with Crippen LogP contribution >= 0.6 is 11.6 Å². The highest BCUT2D eigenvalue weighted by atomic mass is 35.5. The van der Waals surface area contributed by atoms with Crippen LogP contribution in [0.1, 0.15) is 34.6 Å². The standard InChI is InChI=1S/C18H21ClN4O/c19-13-3-1-4-14(9-13)23-8-7-12(11-23)10-20-18(24)17-15-5-2-6-16(15)21-22-17/h1,3-4,9,12H,2,5-8,10-11H2,(H,20,24)(H,21,22)/t12-/m0/s1. The summed E-state index contributed by atoms with van der Waals surface area (Å²) in [6.45, 7) is 2.63. The van der Waals surface area contributed by atoms with Gasteiger partial charge in [0.1, 0.15) is 0 Å². The smallest absolute Gasteiger partial charge is 0.272 e. The predicted octanol–water partition coefficient (Wildman–Crippen LogP) is 2.81. The lowest BCUT2D eigenvalue weighted by Gasteiger charge is -2.19. The Morgan fingerprint density at radius 3 is 3.21 bits per heavy atom. The average Bonchev–Trinajstić information content (AvgIpc) is 3.29. The van der Waals surface area contributed by atoms with E-state index in [0.29, 0.717) is 18.2 Å². The van der Waals surface area contributed by atoms with Crippen molar-refractivity contribution in [2.24, 2.45) is 5.92 Å². The molecule has 1 aliphatic heterocycles. The van der Waals surface area contributed by atoms with Crippen molar-refractivity contribution in [3.63, 3.8) is 0 Å². The first-order chi connectivity index (χ1) is 11.7. The second-order valence-corrected chi connectivity index (χ2v) is 7.11. The number of hydrogen-bond acceptors (Lipinski definition) is 3. The number of aromatic nitrogens is 2. The maximum absolute atomic E-state index is 12.4. The van der Waals surface area contributed by atoms with Crippen LogP contribution in [-0.2, 0) is 12.8 Å². The highest BCUT2D eigenvalue weighted by Gasteiger charge is 2.26. The van der Waals surface area contributed by atoms with E-state index in [2.05, 4.69) is 26.5 Å². The van der Waals surface area contributed by atoms with E-state index in [1.807, 2.05) is 18.2 Å². The Kier molecular flexibility index (Phi) is 4.19. The van der Waals surface area contributed by atoms with Crippen molar-refractivity contribution in [3.05, 3.63) is 46.2 Å². The van der Waals surface area contributed by atoms with Crippen molar-refractivity contribution >= 4 is 23.2 Å². The summed E-state index contributed by atoms with van der Waals surface area (Å²) in [6.07, 6.45) is 4.15. The summed E-state index contributed by atoms with van der Waals surface area (Å²) in [6, 6.07) is 7.95. The predicted molar refractivity (Wildman–Crippen MR) is 94.7 cm³/mol. The number of aromatic amines is 1. The molecule has 4 rings (SSSR count). The van der Waals surface area contributed by atoms with Crippen LogP contribution < -0.4 is 10.2 Å². The number of benzene rings is 1. The summed E-state index contributed by atoms with van der Waals surface area (Å²) in [7, 11) is 0. The second-order valence-electron chi connectivity index (χ2n) is 6.67. The molecule has 1 aliphatic carbocycles.